The topological polar surface area (TPSA) is 118 Å². The van der Waals surface area contributed by atoms with Crippen molar-refractivity contribution in [1.29, 1.82) is 0 Å². The summed E-state index contributed by atoms with van der Waals surface area (Å²) in [4.78, 5) is 11.3. The molecule has 1 heterocycles. The molecule has 0 spiro atoms. The Kier molecular flexibility index (Phi) is 4.94. The third kappa shape index (κ3) is 4.17. The summed E-state index contributed by atoms with van der Waals surface area (Å²) < 4.78 is 49.9. The Hall–Kier alpha value is -0.670. The zero-order valence-electron chi connectivity index (χ0n) is 11.7. The fourth-order valence-electron chi connectivity index (χ4n) is 3.06. The standard InChI is InChI=1S/C12H21NO6S2/c14-12(15)10-4-2-1-3-5-11(10)13-21(18,19)9-6-7-20(16,17)8-9/h9-11,13H,1-8H2,(H,14,15). The van der Waals surface area contributed by atoms with Gasteiger partial charge in [0.2, 0.25) is 10.0 Å². The largest absolute Gasteiger partial charge is 0.481 e. The fraction of sp³-hybridized carbons (Fsp3) is 0.917. The van der Waals surface area contributed by atoms with Gasteiger partial charge in [-0.05, 0) is 19.3 Å². The lowest BCUT2D eigenvalue weighted by Gasteiger charge is -2.24. The Morgan fingerprint density at radius 1 is 1.10 bits per heavy atom. The second kappa shape index (κ2) is 6.21. The van der Waals surface area contributed by atoms with Gasteiger partial charge in [-0.25, -0.2) is 21.6 Å². The number of aliphatic carboxylic acids is 1. The van der Waals surface area contributed by atoms with Crippen LogP contribution < -0.4 is 4.72 Å². The van der Waals surface area contributed by atoms with Crippen LogP contribution in [-0.4, -0.2) is 50.7 Å². The minimum absolute atomic E-state index is 0.0854. The third-order valence-electron chi connectivity index (χ3n) is 4.28. The van der Waals surface area contributed by atoms with Crippen LogP contribution in [0.25, 0.3) is 0 Å². The summed E-state index contributed by atoms with van der Waals surface area (Å²) in [5.41, 5.74) is 0. The van der Waals surface area contributed by atoms with E-state index in [-0.39, 0.29) is 17.9 Å². The minimum atomic E-state index is -3.81. The first-order chi connectivity index (χ1) is 9.71. The van der Waals surface area contributed by atoms with Crippen LogP contribution in [-0.2, 0) is 24.7 Å². The van der Waals surface area contributed by atoms with E-state index < -0.39 is 43.0 Å². The number of hydrogen-bond donors (Lipinski definition) is 2. The van der Waals surface area contributed by atoms with Crippen molar-refractivity contribution in [3.63, 3.8) is 0 Å². The second-order valence-corrected chi connectivity index (χ2v) is 10.1. The Morgan fingerprint density at radius 2 is 1.76 bits per heavy atom. The van der Waals surface area contributed by atoms with E-state index in [2.05, 4.69) is 4.72 Å². The van der Waals surface area contributed by atoms with E-state index in [1.54, 1.807) is 0 Å². The molecule has 0 aromatic rings. The Labute approximate surface area is 125 Å². The van der Waals surface area contributed by atoms with Crippen molar-refractivity contribution in [2.75, 3.05) is 11.5 Å². The van der Waals surface area contributed by atoms with Gasteiger partial charge in [-0.15, -0.1) is 0 Å². The highest BCUT2D eigenvalue weighted by Gasteiger charge is 2.40. The molecule has 122 valence electrons. The van der Waals surface area contributed by atoms with E-state index in [0.717, 1.165) is 19.3 Å². The predicted octanol–water partition coefficient (Wildman–Crippen LogP) is 0.126. The van der Waals surface area contributed by atoms with Gasteiger partial charge in [0.1, 0.15) is 0 Å². The van der Waals surface area contributed by atoms with Crippen LogP contribution in [0.4, 0.5) is 0 Å². The van der Waals surface area contributed by atoms with E-state index in [0.29, 0.717) is 12.8 Å². The first-order valence-electron chi connectivity index (χ1n) is 7.16. The number of sulfone groups is 1. The Balaban J connectivity index is 2.12. The first kappa shape index (κ1) is 16.7. The number of carboxylic acids is 1. The average Bonchev–Trinajstić information content (AvgIpc) is 2.59. The van der Waals surface area contributed by atoms with Crippen molar-refractivity contribution in [1.82, 2.24) is 4.72 Å². The van der Waals surface area contributed by atoms with Crippen LogP contribution in [0.15, 0.2) is 0 Å². The van der Waals surface area contributed by atoms with Crippen LogP contribution >= 0.6 is 0 Å². The molecule has 2 rings (SSSR count). The molecule has 0 radical (unpaired) electrons. The summed E-state index contributed by atoms with van der Waals surface area (Å²) in [6, 6.07) is -0.640. The third-order valence-corrected chi connectivity index (χ3v) is 8.17. The van der Waals surface area contributed by atoms with E-state index >= 15 is 0 Å². The molecule has 2 aliphatic rings. The molecule has 1 saturated carbocycles. The Morgan fingerprint density at radius 3 is 2.33 bits per heavy atom. The number of hydrogen-bond acceptors (Lipinski definition) is 5. The molecule has 0 aromatic heterocycles. The number of carbonyl (C=O) groups is 1. The maximum absolute atomic E-state index is 12.3. The summed E-state index contributed by atoms with van der Waals surface area (Å²) in [5.74, 6) is -2.22. The van der Waals surface area contributed by atoms with Crippen LogP contribution in [0, 0.1) is 5.92 Å². The molecule has 1 saturated heterocycles. The van der Waals surface area contributed by atoms with Crippen LogP contribution in [0.3, 0.4) is 0 Å². The quantitative estimate of drug-likeness (QED) is 0.703. The van der Waals surface area contributed by atoms with Gasteiger partial charge in [-0.3, -0.25) is 4.79 Å². The molecule has 1 aliphatic carbocycles. The summed E-state index contributed by atoms with van der Waals surface area (Å²) in [5, 5.41) is 8.29. The Bertz CT molecular complexity index is 597. The molecule has 0 aromatic carbocycles. The van der Waals surface area contributed by atoms with E-state index in [1.807, 2.05) is 0 Å². The molecule has 0 bridgehead atoms. The lowest BCUT2D eigenvalue weighted by atomic mass is 9.96. The van der Waals surface area contributed by atoms with Crippen molar-refractivity contribution in [3.8, 4) is 0 Å². The zero-order chi connectivity index (χ0) is 15.7. The molecule has 21 heavy (non-hydrogen) atoms. The SMILES string of the molecule is O=C(O)C1CCCCCC1NS(=O)(=O)C1CCS(=O)(=O)C1. The fourth-order valence-corrected chi connectivity index (χ4v) is 7.41. The molecule has 2 N–H and O–H groups in total. The number of carboxylic acid groups (broad SMARTS) is 1. The lowest BCUT2D eigenvalue weighted by Crippen LogP contribution is -2.46. The highest BCUT2D eigenvalue weighted by molar-refractivity contribution is 7.95. The summed E-state index contributed by atoms with van der Waals surface area (Å²) in [6.45, 7) is 0. The molecule has 7 nitrogen and oxygen atoms in total. The first-order valence-corrected chi connectivity index (χ1v) is 10.5. The predicted molar refractivity (Wildman–Crippen MR) is 77.1 cm³/mol. The number of nitrogens with one attached hydrogen (secondary N) is 1. The number of sulfonamides is 1. The molecule has 2 fully saturated rings. The lowest BCUT2D eigenvalue weighted by molar-refractivity contribution is -0.142. The highest BCUT2D eigenvalue weighted by atomic mass is 32.2. The van der Waals surface area contributed by atoms with Gasteiger partial charge in [0.15, 0.2) is 9.84 Å². The maximum atomic E-state index is 12.3. The molecular formula is C12H21NO6S2. The summed E-state index contributed by atoms with van der Waals surface area (Å²) in [7, 11) is -7.10. The highest BCUT2D eigenvalue weighted by Crippen LogP contribution is 2.26. The van der Waals surface area contributed by atoms with Gasteiger partial charge in [0.25, 0.3) is 0 Å². The molecular weight excluding hydrogens is 318 g/mol. The van der Waals surface area contributed by atoms with Crippen molar-refractivity contribution in [3.05, 3.63) is 0 Å². The van der Waals surface area contributed by atoms with Gasteiger partial charge in [0, 0.05) is 6.04 Å². The van der Waals surface area contributed by atoms with Crippen molar-refractivity contribution in [2.45, 2.75) is 49.8 Å². The van der Waals surface area contributed by atoms with E-state index in [1.165, 1.54) is 0 Å². The van der Waals surface area contributed by atoms with Gasteiger partial charge in [-0.2, -0.15) is 0 Å². The average molecular weight is 339 g/mol. The van der Waals surface area contributed by atoms with Crippen molar-refractivity contribution in [2.24, 2.45) is 5.92 Å². The van der Waals surface area contributed by atoms with E-state index in [9.17, 15) is 26.7 Å². The smallest absolute Gasteiger partial charge is 0.308 e. The normalized spacial score (nSPS) is 33.4. The van der Waals surface area contributed by atoms with Gasteiger partial charge < -0.3 is 5.11 Å². The summed E-state index contributed by atoms with van der Waals surface area (Å²) in [6.07, 6.45) is 3.45. The van der Waals surface area contributed by atoms with Crippen molar-refractivity contribution >= 4 is 25.8 Å². The minimum Gasteiger partial charge on any atom is -0.481 e. The van der Waals surface area contributed by atoms with Crippen LogP contribution in [0.1, 0.15) is 38.5 Å². The molecule has 3 atom stereocenters. The second-order valence-electron chi connectivity index (χ2n) is 5.88. The molecule has 9 heteroatoms. The van der Waals surface area contributed by atoms with Crippen LogP contribution in [0.2, 0.25) is 0 Å². The zero-order valence-corrected chi connectivity index (χ0v) is 13.3. The number of rotatable bonds is 4. The van der Waals surface area contributed by atoms with Gasteiger partial charge >= 0.3 is 5.97 Å². The van der Waals surface area contributed by atoms with Gasteiger partial charge in [-0.1, -0.05) is 19.3 Å². The maximum Gasteiger partial charge on any atom is 0.308 e. The van der Waals surface area contributed by atoms with Crippen molar-refractivity contribution < 1.29 is 26.7 Å². The molecule has 3 unspecified atom stereocenters. The monoisotopic (exact) mass is 339 g/mol. The van der Waals surface area contributed by atoms with Gasteiger partial charge in [0.05, 0.1) is 22.7 Å². The molecule has 1 aliphatic heterocycles. The van der Waals surface area contributed by atoms with E-state index in [4.69, 9.17) is 0 Å². The molecule has 0 amide bonds. The van der Waals surface area contributed by atoms with Crippen LogP contribution in [0.5, 0.6) is 0 Å². The summed E-state index contributed by atoms with van der Waals surface area (Å²) >= 11 is 0.